The number of aryl methyl sites for hydroxylation is 1. The smallest absolute Gasteiger partial charge is 0.665 e. The third kappa shape index (κ3) is 46.3. The summed E-state index contributed by atoms with van der Waals surface area (Å²) in [6.07, 6.45) is 3.44. The number of aromatic nitrogens is 2. The number of nitrogens with zero attached hydrogens (tertiary/aromatic N) is 5. The van der Waals surface area contributed by atoms with Crippen LogP contribution in [-0.4, -0.2) is 45.9 Å². The van der Waals surface area contributed by atoms with Crippen LogP contribution in [0.2, 0.25) is 0 Å². The van der Waals surface area contributed by atoms with E-state index in [1.165, 1.54) is 0 Å². The standard InChI is InChI=1S/C4H5N2.3C3H8N.Ti/c1-4-2-5-6-3-4;3*1-3-4-2;/h2-3H,1H3;3*3H2,1-2H3;/q4*-1;+4. The molecule has 0 atom stereocenters. The van der Waals surface area contributed by atoms with Crippen molar-refractivity contribution in [1.29, 1.82) is 0 Å². The van der Waals surface area contributed by atoms with Crippen LogP contribution in [0.15, 0.2) is 12.4 Å². The van der Waals surface area contributed by atoms with E-state index in [0.29, 0.717) is 0 Å². The Balaban J connectivity index is -0.0000000796. The zero-order valence-electron chi connectivity index (χ0n) is 13.5. The summed E-state index contributed by atoms with van der Waals surface area (Å²) >= 11 is 0. The van der Waals surface area contributed by atoms with Crippen molar-refractivity contribution < 1.29 is 21.7 Å². The Bertz CT molecular complexity index is 177. The number of hydrogen-bond acceptors (Lipinski definition) is 1. The first kappa shape index (κ1) is 27.2. The van der Waals surface area contributed by atoms with Gasteiger partial charge in [0.15, 0.2) is 0 Å². The topological polar surface area (TPSA) is 69.3 Å². The second-order valence-corrected chi connectivity index (χ2v) is 3.13. The van der Waals surface area contributed by atoms with Gasteiger partial charge in [0.05, 0.1) is 0 Å². The van der Waals surface area contributed by atoms with Gasteiger partial charge in [-0.15, -0.1) is 0 Å². The van der Waals surface area contributed by atoms with Crippen molar-refractivity contribution in [2.75, 3.05) is 40.8 Å². The van der Waals surface area contributed by atoms with Crippen LogP contribution in [0.25, 0.3) is 16.0 Å². The first-order chi connectivity index (χ1) is 8.64. The molecule has 110 valence electrons. The molecule has 6 heteroatoms. The molecule has 0 amide bonds. The summed E-state index contributed by atoms with van der Waals surface area (Å²) in [5, 5.41) is 18.4. The van der Waals surface area contributed by atoms with Gasteiger partial charge in [0.1, 0.15) is 0 Å². The van der Waals surface area contributed by atoms with Gasteiger partial charge in [-0.3, -0.25) is 0 Å². The Labute approximate surface area is 134 Å². The van der Waals surface area contributed by atoms with E-state index in [4.69, 9.17) is 0 Å². The van der Waals surface area contributed by atoms with Crippen molar-refractivity contribution in [3.8, 4) is 0 Å². The normalized spacial score (nSPS) is 7.53. The van der Waals surface area contributed by atoms with E-state index in [0.717, 1.165) is 25.2 Å². The first-order valence-electron chi connectivity index (χ1n) is 6.21. The monoisotopic (exact) mass is 303 g/mol. The molecule has 19 heavy (non-hydrogen) atoms. The first-order valence-corrected chi connectivity index (χ1v) is 6.21. The predicted molar refractivity (Wildman–Crippen MR) is 81.8 cm³/mol. The quantitative estimate of drug-likeness (QED) is 0.803. The second-order valence-electron chi connectivity index (χ2n) is 3.13. The molecule has 5 nitrogen and oxygen atoms in total. The van der Waals surface area contributed by atoms with Crippen molar-refractivity contribution >= 4 is 0 Å². The van der Waals surface area contributed by atoms with Crippen LogP contribution in [0, 0.1) is 6.92 Å². The molecule has 1 aromatic rings. The molecular formula is C13H29N5Ti. The van der Waals surface area contributed by atoms with Gasteiger partial charge in [-0.25, -0.2) is 0 Å². The van der Waals surface area contributed by atoms with Gasteiger partial charge in [-0.1, -0.05) is 26.3 Å². The van der Waals surface area contributed by atoms with Crippen molar-refractivity contribution in [2.45, 2.75) is 27.7 Å². The van der Waals surface area contributed by atoms with Gasteiger partial charge in [0.2, 0.25) is 0 Å². The van der Waals surface area contributed by atoms with Crippen molar-refractivity contribution in [1.82, 2.24) is 10.2 Å². The summed E-state index contributed by atoms with van der Waals surface area (Å²) in [4.78, 5) is 0. The fourth-order valence-electron chi connectivity index (χ4n) is 0.282. The van der Waals surface area contributed by atoms with Crippen LogP contribution in [0.1, 0.15) is 26.3 Å². The minimum absolute atomic E-state index is 0. The molecule has 0 bridgehead atoms. The van der Waals surface area contributed by atoms with Crippen LogP contribution in [0.3, 0.4) is 0 Å². The molecule has 1 rings (SSSR count). The van der Waals surface area contributed by atoms with E-state index >= 15 is 0 Å². The van der Waals surface area contributed by atoms with E-state index in [1.54, 1.807) is 33.5 Å². The van der Waals surface area contributed by atoms with Crippen molar-refractivity contribution in [3.05, 3.63) is 33.9 Å². The van der Waals surface area contributed by atoms with Gasteiger partial charge in [0, 0.05) is 6.20 Å². The van der Waals surface area contributed by atoms with E-state index in [1.807, 2.05) is 27.7 Å². The van der Waals surface area contributed by atoms with Crippen molar-refractivity contribution in [2.24, 2.45) is 0 Å². The summed E-state index contributed by atoms with van der Waals surface area (Å²) in [7, 11) is 5.42. The summed E-state index contributed by atoms with van der Waals surface area (Å²) in [5.74, 6) is 0. The molecule has 0 unspecified atom stereocenters. The van der Waals surface area contributed by atoms with E-state index in [-0.39, 0.29) is 21.7 Å². The SMILES string of the molecule is CC[N-]C.CC[N-]C.CC[N-]C.Cc1cn[n-]c1.[Ti+4]. The molecule has 0 N–H and O–H groups in total. The Morgan fingerprint density at radius 2 is 1.26 bits per heavy atom. The van der Waals surface area contributed by atoms with Gasteiger partial charge in [0.25, 0.3) is 0 Å². The van der Waals surface area contributed by atoms with Gasteiger partial charge in [-0.05, 0) is 6.92 Å². The van der Waals surface area contributed by atoms with Crippen LogP contribution < -0.4 is 5.10 Å². The molecule has 0 saturated heterocycles. The summed E-state index contributed by atoms with van der Waals surface area (Å²) in [6, 6.07) is 0. The Morgan fingerprint density at radius 1 is 0.947 bits per heavy atom. The van der Waals surface area contributed by atoms with E-state index < -0.39 is 0 Å². The Hall–Kier alpha value is -0.196. The molecule has 0 aliphatic carbocycles. The Kier molecular flexibility index (Phi) is 43.9. The average molecular weight is 303 g/mol. The molecule has 0 saturated carbocycles. The van der Waals surface area contributed by atoms with Crippen molar-refractivity contribution in [3.63, 3.8) is 0 Å². The third-order valence-corrected chi connectivity index (χ3v) is 1.54. The molecule has 1 heterocycles. The average Bonchev–Trinajstić information content (AvgIpc) is 2.90. The fraction of sp³-hybridized carbons (Fsp3) is 0.769. The van der Waals surface area contributed by atoms with Crippen LogP contribution >= 0.6 is 0 Å². The third-order valence-electron chi connectivity index (χ3n) is 1.54. The minimum atomic E-state index is 0. The molecule has 0 spiro atoms. The zero-order valence-corrected chi connectivity index (χ0v) is 15.1. The van der Waals surface area contributed by atoms with Crippen LogP contribution in [0.4, 0.5) is 0 Å². The van der Waals surface area contributed by atoms with E-state index in [9.17, 15) is 0 Å². The molecule has 0 radical (unpaired) electrons. The zero-order chi connectivity index (χ0) is 14.6. The second kappa shape index (κ2) is 30.7. The predicted octanol–water partition coefficient (Wildman–Crippen LogP) is 3.37. The molecule has 0 aliphatic heterocycles. The maximum absolute atomic E-state index is 3.74. The molecular weight excluding hydrogens is 274 g/mol. The van der Waals surface area contributed by atoms with Gasteiger partial charge >= 0.3 is 21.7 Å². The molecule has 0 fully saturated rings. The number of rotatable bonds is 3. The maximum atomic E-state index is 3.74. The van der Waals surface area contributed by atoms with Gasteiger partial charge < -0.3 is 26.1 Å². The minimum Gasteiger partial charge on any atom is -0.665 e. The summed E-state index contributed by atoms with van der Waals surface area (Å²) < 4.78 is 0. The van der Waals surface area contributed by atoms with E-state index in [2.05, 4.69) is 26.1 Å². The molecule has 0 aliphatic rings. The molecule has 0 aromatic carbocycles. The van der Waals surface area contributed by atoms with Crippen LogP contribution in [-0.2, 0) is 21.7 Å². The summed E-state index contributed by atoms with van der Waals surface area (Å²) in [5.41, 5.74) is 1.12. The summed E-state index contributed by atoms with van der Waals surface area (Å²) in [6.45, 7) is 10.8. The molecule has 1 aromatic heterocycles. The van der Waals surface area contributed by atoms with Crippen LogP contribution in [0.5, 0.6) is 0 Å². The Morgan fingerprint density at radius 3 is 1.32 bits per heavy atom. The maximum Gasteiger partial charge on any atom is 4.00 e. The van der Waals surface area contributed by atoms with Gasteiger partial charge in [-0.2, -0.15) is 47.0 Å². The fourth-order valence-corrected chi connectivity index (χ4v) is 0.282. The largest absolute Gasteiger partial charge is 4.00 e. The number of hydrogen-bond donors (Lipinski definition) is 0.